The highest BCUT2D eigenvalue weighted by atomic mass is 32.1. The Morgan fingerprint density at radius 2 is 2.00 bits per heavy atom. The first-order chi connectivity index (χ1) is 7.80. The Balaban J connectivity index is 1.83. The number of hydrogen-bond donors (Lipinski definition) is 1. The summed E-state index contributed by atoms with van der Waals surface area (Å²) in [6.07, 6.45) is 0. The molecule has 0 bridgehead atoms. The standard InChI is InChI=1S/C13H12FNS/c14-13(9-6-15-7-10(9)13)12-5-8-3-1-2-4-11(8)16-12/h1-5,9-10,15H,6-7H2. The molecule has 2 aromatic rings. The molecule has 1 aromatic heterocycles. The molecule has 1 aliphatic heterocycles. The maximum absolute atomic E-state index is 14.8. The van der Waals surface area contributed by atoms with Gasteiger partial charge in [0.1, 0.15) is 0 Å². The maximum atomic E-state index is 14.8. The minimum Gasteiger partial charge on any atom is -0.316 e. The summed E-state index contributed by atoms with van der Waals surface area (Å²) in [6.45, 7) is 1.69. The quantitative estimate of drug-likeness (QED) is 0.798. The molecule has 1 aromatic carbocycles. The first-order valence-corrected chi connectivity index (χ1v) is 6.50. The zero-order valence-electron chi connectivity index (χ0n) is 8.74. The van der Waals surface area contributed by atoms with Gasteiger partial charge < -0.3 is 5.32 Å². The first-order valence-electron chi connectivity index (χ1n) is 5.69. The van der Waals surface area contributed by atoms with E-state index in [4.69, 9.17) is 0 Å². The van der Waals surface area contributed by atoms with Crippen molar-refractivity contribution in [1.82, 2.24) is 5.32 Å². The van der Waals surface area contributed by atoms with E-state index in [1.165, 1.54) is 10.1 Å². The fourth-order valence-corrected chi connectivity index (χ4v) is 4.29. The Kier molecular flexibility index (Phi) is 1.62. The molecule has 0 radical (unpaired) electrons. The average molecular weight is 233 g/mol. The number of fused-ring (bicyclic) bond motifs is 2. The molecule has 3 heteroatoms. The van der Waals surface area contributed by atoms with Gasteiger partial charge in [0.05, 0.1) is 0 Å². The summed E-state index contributed by atoms with van der Waals surface area (Å²) in [7, 11) is 0. The predicted octanol–water partition coefficient (Wildman–Crippen LogP) is 2.92. The average Bonchev–Trinajstić information content (AvgIpc) is 2.80. The van der Waals surface area contributed by atoms with E-state index in [0.29, 0.717) is 0 Å². The van der Waals surface area contributed by atoms with Crippen LogP contribution in [-0.2, 0) is 5.67 Å². The van der Waals surface area contributed by atoms with Gasteiger partial charge >= 0.3 is 0 Å². The monoisotopic (exact) mass is 233 g/mol. The predicted molar refractivity (Wildman–Crippen MR) is 64.5 cm³/mol. The van der Waals surface area contributed by atoms with Gasteiger partial charge in [-0.2, -0.15) is 0 Å². The molecule has 1 saturated carbocycles. The van der Waals surface area contributed by atoms with Crippen LogP contribution in [0.2, 0.25) is 0 Å². The second-order valence-corrected chi connectivity index (χ2v) is 5.87. The Hall–Kier alpha value is -0.930. The third-order valence-corrected chi connectivity index (χ3v) is 5.23. The van der Waals surface area contributed by atoms with Crippen LogP contribution in [0.15, 0.2) is 30.3 Å². The summed E-state index contributed by atoms with van der Waals surface area (Å²) in [4.78, 5) is 0.935. The van der Waals surface area contributed by atoms with E-state index < -0.39 is 5.67 Å². The lowest BCUT2D eigenvalue weighted by Gasteiger charge is -2.09. The van der Waals surface area contributed by atoms with E-state index in [1.807, 2.05) is 18.2 Å². The molecule has 0 spiro atoms. The molecule has 0 amide bonds. The molecule has 1 nitrogen and oxygen atoms in total. The van der Waals surface area contributed by atoms with Crippen molar-refractivity contribution < 1.29 is 4.39 Å². The van der Waals surface area contributed by atoms with Gasteiger partial charge in [0.2, 0.25) is 0 Å². The number of thiophene rings is 1. The van der Waals surface area contributed by atoms with Gasteiger partial charge in [-0.05, 0) is 17.5 Å². The van der Waals surface area contributed by atoms with E-state index in [9.17, 15) is 4.39 Å². The molecule has 1 saturated heterocycles. The van der Waals surface area contributed by atoms with Crippen molar-refractivity contribution in [3.05, 3.63) is 35.2 Å². The highest BCUT2D eigenvalue weighted by Crippen LogP contribution is 2.64. The number of halogens is 1. The number of rotatable bonds is 1. The van der Waals surface area contributed by atoms with Crippen LogP contribution in [0.1, 0.15) is 4.88 Å². The van der Waals surface area contributed by atoms with Crippen molar-refractivity contribution in [3.63, 3.8) is 0 Å². The van der Waals surface area contributed by atoms with Crippen LogP contribution in [0, 0.1) is 11.8 Å². The second kappa shape index (κ2) is 2.84. The highest BCUT2D eigenvalue weighted by molar-refractivity contribution is 7.19. The smallest absolute Gasteiger partial charge is 0.154 e. The summed E-state index contributed by atoms with van der Waals surface area (Å²) in [5.41, 5.74) is -1.02. The Labute approximate surface area is 97.3 Å². The van der Waals surface area contributed by atoms with Crippen molar-refractivity contribution >= 4 is 21.4 Å². The van der Waals surface area contributed by atoms with Crippen molar-refractivity contribution in [1.29, 1.82) is 0 Å². The zero-order valence-corrected chi connectivity index (χ0v) is 9.56. The second-order valence-electron chi connectivity index (χ2n) is 4.79. The molecular weight excluding hydrogens is 221 g/mol. The summed E-state index contributed by atoms with van der Waals surface area (Å²) < 4.78 is 16.0. The largest absolute Gasteiger partial charge is 0.316 e. The maximum Gasteiger partial charge on any atom is 0.154 e. The van der Waals surface area contributed by atoms with Crippen LogP contribution in [0.25, 0.3) is 10.1 Å². The molecular formula is C13H12FNS. The molecule has 1 aliphatic carbocycles. The Bertz CT molecular complexity index is 519. The fourth-order valence-electron chi connectivity index (χ4n) is 3.01. The van der Waals surface area contributed by atoms with Gasteiger partial charge in [0, 0.05) is 34.5 Å². The first kappa shape index (κ1) is 9.14. The third-order valence-electron chi connectivity index (χ3n) is 3.99. The third kappa shape index (κ3) is 0.980. The van der Waals surface area contributed by atoms with E-state index in [-0.39, 0.29) is 11.8 Å². The van der Waals surface area contributed by atoms with Crippen LogP contribution in [0.3, 0.4) is 0 Å². The minimum atomic E-state index is -1.02. The number of hydrogen-bond acceptors (Lipinski definition) is 2. The van der Waals surface area contributed by atoms with Gasteiger partial charge in [0.15, 0.2) is 5.67 Å². The van der Waals surface area contributed by atoms with E-state index in [1.54, 1.807) is 11.3 Å². The van der Waals surface area contributed by atoms with Crippen molar-refractivity contribution in [3.8, 4) is 0 Å². The van der Waals surface area contributed by atoms with E-state index in [0.717, 1.165) is 18.0 Å². The zero-order chi connectivity index (χ0) is 10.8. The SMILES string of the molecule is FC1(c2cc3ccccc3s2)C2CNCC21. The van der Waals surface area contributed by atoms with Gasteiger partial charge in [-0.1, -0.05) is 18.2 Å². The summed E-state index contributed by atoms with van der Waals surface area (Å²) in [5.74, 6) is 0.445. The molecule has 2 fully saturated rings. The minimum absolute atomic E-state index is 0.223. The lowest BCUT2D eigenvalue weighted by atomic mass is 10.1. The van der Waals surface area contributed by atoms with Gasteiger partial charge in [-0.15, -0.1) is 11.3 Å². The van der Waals surface area contributed by atoms with Crippen molar-refractivity contribution in [2.24, 2.45) is 11.8 Å². The molecule has 16 heavy (non-hydrogen) atoms. The van der Waals surface area contributed by atoms with Crippen LogP contribution < -0.4 is 5.32 Å². The van der Waals surface area contributed by atoms with Gasteiger partial charge in [0.25, 0.3) is 0 Å². The molecule has 2 atom stereocenters. The molecule has 2 heterocycles. The van der Waals surface area contributed by atoms with Crippen LogP contribution in [0.4, 0.5) is 4.39 Å². The van der Waals surface area contributed by atoms with Crippen molar-refractivity contribution in [2.75, 3.05) is 13.1 Å². The Morgan fingerprint density at radius 3 is 2.75 bits per heavy atom. The topological polar surface area (TPSA) is 12.0 Å². The normalized spacial score (nSPS) is 36.6. The number of piperidine rings is 1. The van der Waals surface area contributed by atoms with E-state index in [2.05, 4.69) is 17.4 Å². The molecule has 2 unspecified atom stereocenters. The summed E-state index contributed by atoms with van der Waals surface area (Å²) in [6, 6.07) is 10.2. The molecule has 1 N–H and O–H groups in total. The number of benzene rings is 1. The van der Waals surface area contributed by atoms with Crippen LogP contribution >= 0.6 is 11.3 Å². The number of nitrogens with one attached hydrogen (secondary N) is 1. The fraction of sp³-hybridized carbons (Fsp3) is 0.385. The number of alkyl halides is 1. The van der Waals surface area contributed by atoms with E-state index >= 15 is 0 Å². The van der Waals surface area contributed by atoms with Crippen LogP contribution in [0.5, 0.6) is 0 Å². The highest BCUT2D eigenvalue weighted by Gasteiger charge is 2.69. The molecule has 2 aliphatic rings. The van der Waals surface area contributed by atoms with Crippen LogP contribution in [-0.4, -0.2) is 13.1 Å². The van der Waals surface area contributed by atoms with Crippen molar-refractivity contribution in [2.45, 2.75) is 5.67 Å². The lowest BCUT2D eigenvalue weighted by Crippen LogP contribution is -2.21. The van der Waals surface area contributed by atoms with Gasteiger partial charge in [-0.3, -0.25) is 0 Å². The van der Waals surface area contributed by atoms with Gasteiger partial charge in [-0.25, -0.2) is 4.39 Å². The summed E-state index contributed by atoms with van der Waals surface area (Å²) >= 11 is 1.62. The lowest BCUT2D eigenvalue weighted by molar-refractivity contribution is 0.257. The summed E-state index contributed by atoms with van der Waals surface area (Å²) in [5, 5.41) is 4.42. The molecule has 82 valence electrons. The Morgan fingerprint density at radius 1 is 1.25 bits per heavy atom. The molecule has 4 rings (SSSR count).